The monoisotopic (exact) mass is 346 g/mol. The number of carbonyl (C=O) groups excluding carboxylic acids is 1. The van der Waals surface area contributed by atoms with Gasteiger partial charge in [0, 0.05) is 41.2 Å². The van der Waals surface area contributed by atoms with Crippen LogP contribution in [0.25, 0.3) is 11.1 Å². The number of nitrogens with one attached hydrogen (secondary N) is 1. The lowest BCUT2D eigenvalue weighted by Crippen LogP contribution is -2.23. The summed E-state index contributed by atoms with van der Waals surface area (Å²) in [4.78, 5) is 16.7. The molecule has 0 fully saturated rings. The highest BCUT2D eigenvalue weighted by Gasteiger charge is 2.19. The lowest BCUT2D eigenvalue weighted by molar-refractivity contribution is 0.0950. The SMILES string of the molecule is COc1ccccc1CNC(=O)c1ccc2c(c1)OCc1cnccc1-2. The number of aromatic nitrogens is 1. The van der Waals surface area contributed by atoms with Crippen LogP contribution >= 0.6 is 0 Å². The molecule has 1 aliphatic rings. The summed E-state index contributed by atoms with van der Waals surface area (Å²) in [7, 11) is 1.62. The summed E-state index contributed by atoms with van der Waals surface area (Å²) in [5, 5.41) is 2.93. The molecule has 1 N–H and O–H groups in total. The van der Waals surface area contributed by atoms with Crippen LogP contribution in [-0.2, 0) is 13.2 Å². The molecule has 1 aromatic heterocycles. The average Bonchev–Trinajstić information content (AvgIpc) is 2.71. The second kappa shape index (κ2) is 6.88. The van der Waals surface area contributed by atoms with Crippen molar-refractivity contribution in [2.45, 2.75) is 13.2 Å². The van der Waals surface area contributed by atoms with Crippen LogP contribution < -0.4 is 14.8 Å². The van der Waals surface area contributed by atoms with Gasteiger partial charge >= 0.3 is 0 Å². The topological polar surface area (TPSA) is 60.5 Å². The highest BCUT2D eigenvalue weighted by molar-refractivity contribution is 5.95. The van der Waals surface area contributed by atoms with Gasteiger partial charge in [-0.05, 0) is 35.9 Å². The van der Waals surface area contributed by atoms with Crippen LogP contribution in [0.5, 0.6) is 11.5 Å². The van der Waals surface area contributed by atoms with E-state index in [1.165, 1.54) is 0 Å². The Balaban J connectivity index is 1.53. The summed E-state index contributed by atoms with van der Waals surface area (Å²) >= 11 is 0. The first-order chi connectivity index (χ1) is 12.8. The van der Waals surface area contributed by atoms with E-state index in [1.807, 2.05) is 48.7 Å². The van der Waals surface area contributed by atoms with Gasteiger partial charge in [-0.3, -0.25) is 9.78 Å². The fourth-order valence-corrected chi connectivity index (χ4v) is 3.09. The summed E-state index contributed by atoms with van der Waals surface area (Å²) < 4.78 is 11.1. The second-order valence-corrected chi connectivity index (χ2v) is 6.03. The third-order valence-electron chi connectivity index (χ3n) is 4.45. The molecular weight excluding hydrogens is 328 g/mol. The van der Waals surface area contributed by atoms with E-state index in [-0.39, 0.29) is 5.91 Å². The molecule has 0 bridgehead atoms. The van der Waals surface area contributed by atoms with Crippen molar-refractivity contribution in [3.05, 3.63) is 77.6 Å². The Morgan fingerprint density at radius 3 is 2.96 bits per heavy atom. The van der Waals surface area contributed by atoms with Gasteiger partial charge in [-0.15, -0.1) is 0 Å². The van der Waals surface area contributed by atoms with Crippen molar-refractivity contribution in [1.82, 2.24) is 10.3 Å². The molecule has 1 aliphatic heterocycles. The molecule has 0 radical (unpaired) electrons. The predicted molar refractivity (Wildman–Crippen MR) is 98.2 cm³/mol. The van der Waals surface area contributed by atoms with Gasteiger partial charge in [0.05, 0.1) is 7.11 Å². The number of nitrogens with zero attached hydrogens (tertiary/aromatic N) is 1. The molecule has 5 heteroatoms. The van der Waals surface area contributed by atoms with Crippen molar-refractivity contribution < 1.29 is 14.3 Å². The lowest BCUT2D eigenvalue weighted by Gasteiger charge is -2.20. The number of ether oxygens (including phenoxy) is 2. The molecule has 3 aromatic rings. The van der Waals surface area contributed by atoms with Crippen molar-refractivity contribution in [2.75, 3.05) is 7.11 Å². The fraction of sp³-hybridized carbons (Fsp3) is 0.143. The molecule has 4 rings (SSSR count). The van der Waals surface area contributed by atoms with Gasteiger partial charge in [-0.25, -0.2) is 0 Å². The Morgan fingerprint density at radius 1 is 1.19 bits per heavy atom. The number of methoxy groups -OCH3 is 1. The average molecular weight is 346 g/mol. The molecule has 0 unspecified atom stereocenters. The number of amides is 1. The van der Waals surface area contributed by atoms with E-state index in [4.69, 9.17) is 9.47 Å². The van der Waals surface area contributed by atoms with Gasteiger partial charge in [0.2, 0.25) is 0 Å². The van der Waals surface area contributed by atoms with Crippen LogP contribution in [0, 0.1) is 0 Å². The smallest absolute Gasteiger partial charge is 0.251 e. The van der Waals surface area contributed by atoms with Crippen molar-refractivity contribution in [3.8, 4) is 22.6 Å². The van der Waals surface area contributed by atoms with Crippen LogP contribution in [-0.4, -0.2) is 18.0 Å². The molecular formula is C21H18N2O3. The first-order valence-corrected chi connectivity index (χ1v) is 8.36. The largest absolute Gasteiger partial charge is 0.496 e. The number of rotatable bonds is 4. The number of fused-ring (bicyclic) bond motifs is 3. The summed E-state index contributed by atoms with van der Waals surface area (Å²) in [6, 6.07) is 15.1. The zero-order chi connectivity index (χ0) is 17.9. The van der Waals surface area contributed by atoms with Crippen molar-refractivity contribution in [1.29, 1.82) is 0 Å². The molecule has 130 valence electrons. The lowest BCUT2D eigenvalue weighted by atomic mass is 9.97. The van der Waals surface area contributed by atoms with Crippen LogP contribution in [0.15, 0.2) is 60.9 Å². The van der Waals surface area contributed by atoms with E-state index in [2.05, 4.69) is 10.3 Å². The third-order valence-corrected chi connectivity index (χ3v) is 4.45. The third kappa shape index (κ3) is 2.99. The van der Waals surface area contributed by atoms with Gasteiger partial charge in [0.15, 0.2) is 0 Å². The number of pyridine rings is 1. The predicted octanol–water partition coefficient (Wildman–Crippen LogP) is 3.58. The van der Waals surface area contributed by atoms with Gasteiger partial charge in [0.25, 0.3) is 5.91 Å². The standard InChI is InChI=1S/C21H18N2O3/c1-25-19-5-3-2-4-15(19)12-23-21(24)14-6-7-18-17-8-9-22-11-16(17)13-26-20(18)10-14/h2-11H,12-13H2,1H3,(H,23,24). The van der Waals surface area contributed by atoms with Gasteiger partial charge in [-0.2, -0.15) is 0 Å². The Kier molecular flexibility index (Phi) is 4.27. The number of carbonyl (C=O) groups is 1. The van der Waals surface area contributed by atoms with Crippen molar-refractivity contribution in [3.63, 3.8) is 0 Å². The minimum absolute atomic E-state index is 0.150. The molecule has 26 heavy (non-hydrogen) atoms. The number of hydrogen-bond acceptors (Lipinski definition) is 4. The maximum atomic E-state index is 12.5. The summed E-state index contributed by atoms with van der Waals surface area (Å²) in [6.07, 6.45) is 3.58. The number of benzene rings is 2. The molecule has 2 heterocycles. The minimum Gasteiger partial charge on any atom is -0.496 e. The summed E-state index contributed by atoms with van der Waals surface area (Å²) in [6.45, 7) is 0.859. The minimum atomic E-state index is -0.150. The van der Waals surface area contributed by atoms with E-state index in [0.717, 1.165) is 28.0 Å². The van der Waals surface area contributed by atoms with E-state index in [9.17, 15) is 4.79 Å². The van der Waals surface area contributed by atoms with Crippen molar-refractivity contribution >= 4 is 5.91 Å². The van der Waals surface area contributed by atoms with Gasteiger partial charge in [-0.1, -0.05) is 18.2 Å². The fourth-order valence-electron chi connectivity index (χ4n) is 3.09. The normalized spacial score (nSPS) is 11.7. The molecule has 2 aromatic carbocycles. The maximum absolute atomic E-state index is 12.5. The Hall–Kier alpha value is -3.34. The molecule has 0 saturated carbocycles. The summed E-state index contributed by atoms with van der Waals surface area (Å²) in [5.74, 6) is 1.32. The zero-order valence-electron chi connectivity index (χ0n) is 14.4. The number of hydrogen-bond donors (Lipinski definition) is 1. The van der Waals surface area contributed by atoms with E-state index >= 15 is 0 Å². The first kappa shape index (κ1) is 16.1. The molecule has 1 amide bonds. The Bertz CT molecular complexity index is 969. The molecule has 0 spiro atoms. The second-order valence-electron chi connectivity index (χ2n) is 6.03. The van der Waals surface area contributed by atoms with Crippen LogP contribution in [0.4, 0.5) is 0 Å². The highest BCUT2D eigenvalue weighted by Crippen LogP contribution is 2.37. The zero-order valence-corrected chi connectivity index (χ0v) is 14.4. The molecule has 0 aliphatic carbocycles. The Labute approximate surface area is 151 Å². The van der Waals surface area contributed by atoms with E-state index in [0.29, 0.717) is 24.5 Å². The van der Waals surface area contributed by atoms with Crippen LogP contribution in [0.2, 0.25) is 0 Å². The number of para-hydroxylation sites is 1. The van der Waals surface area contributed by atoms with Gasteiger partial charge < -0.3 is 14.8 Å². The molecule has 5 nitrogen and oxygen atoms in total. The maximum Gasteiger partial charge on any atom is 0.251 e. The van der Waals surface area contributed by atoms with Crippen LogP contribution in [0.1, 0.15) is 21.5 Å². The molecule has 0 saturated heterocycles. The molecule has 0 atom stereocenters. The Morgan fingerprint density at radius 2 is 2.08 bits per heavy atom. The first-order valence-electron chi connectivity index (χ1n) is 8.36. The van der Waals surface area contributed by atoms with E-state index in [1.54, 1.807) is 19.4 Å². The van der Waals surface area contributed by atoms with Crippen LogP contribution in [0.3, 0.4) is 0 Å². The highest BCUT2D eigenvalue weighted by atomic mass is 16.5. The van der Waals surface area contributed by atoms with E-state index < -0.39 is 0 Å². The van der Waals surface area contributed by atoms with Gasteiger partial charge in [0.1, 0.15) is 18.1 Å². The van der Waals surface area contributed by atoms with Crippen molar-refractivity contribution in [2.24, 2.45) is 0 Å². The quantitative estimate of drug-likeness (QED) is 0.784. The summed E-state index contributed by atoms with van der Waals surface area (Å²) in [5.41, 5.74) is 4.63.